The lowest BCUT2D eigenvalue weighted by Crippen LogP contribution is -2.40. The minimum atomic E-state index is -3.64. The van der Waals surface area contributed by atoms with Crippen LogP contribution in [0.15, 0.2) is 23.1 Å². The van der Waals surface area contributed by atoms with Gasteiger partial charge >= 0.3 is 0 Å². The van der Waals surface area contributed by atoms with E-state index >= 15 is 0 Å². The van der Waals surface area contributed by atoms with Gasteiger partial charge in [-0.15, -0.1) is 0 Å². The van der Waals surface area contributed by atoms with Gasteiger partial charge in [0.2, 0.25) is 10.0 Å². The van der Waals surface area contributed by atoms with Crippen LogP contribution in [-0.4, -0.2) is 70.4 Å². The maximum absolute atomic E-state index is 12.9. The first-order valence-corrected chi connectivity index (χ1v) is 12.0. The highest BCUT2D eigenvalue weighted by Gasteiger charge is 2.29. The van der Waals surface area contributed by atoms with Crippen molar-refractivity contribution in [3.05, 3.63) is 23.8 Å². The molecule has 2 aliphatic heterocycles. The van der Waals surface area contributed by atoms with Crippen molar-refractivity contribution < 1.29 is 27.4 Å². The van der Waals surface area contributed by atoms with Crippen LogP contribution < -0.4 is 5.32 Å². The standard InChI is InChI=1S/C21H32N2O6S/c1-15(2)20(29-14-17-5-4-10-28-17)21(24)22-19-13-18(7-6-16(19)3)30(25,26)23-8-11-27-12-9-23/h6-7,13,15,17,20H,4-5,8-12,14H2,1-3H3,(H,22,24)/t17-,20-/m0/s1. The summed E-state index contributed by atoms with van der Waals surface area (Å²) < 4.78 is 44.0. The molecule has 1 aromatic carbocycles. The quantitative estimate of drug-likeness (QED) is 0.666. The molecule has 30 heavy (non-hydrogen) atoms. The van der Waals surface area contributed by atoms with E-state index in [2.05, 4.69) is 5.32 Å². The molecule has 3 rings (SSSR count). The van der Waals surface area contributed by atoms with Crippen molar-refractivity contribution in [3.63, 3.8) is 0 Å². The zero-order valence-corrected chi connectivity index (χ0v) is 18.7. The molecule has 0 unspecified atom stereocenters. The second-order valence-corrected chi connectivity index (χ2v) is 10.1. The number of morpholine rings is 1. The first kappa shape index (κ1) is 23.1. The second-order valence-electron chi connectivity index (χ2n) is 8.12. The Morgan fingerprint density at radius 1 is 1.27 bits per heavy atom. The number of rotatable bonds is 8. The number of nitrogens with one attached hydrogen (secondary N) is 1. The number of aryl methyl sites for hydroxylation is 1. The van der Waals surface area contributed by atoms with E-state index in [0.717, 1.165) is 25.0 Å². The zero-order valence-electron chi connectivity index (χ0n) is 17.9. The number of hydrogen-bond acceptors (Lipinski definition) is 6. The molecule has 0 aromatic heterocycles. The van der Waals surface area contributed by atoms with Crippen molar-refractivity contribution in [2.45, 2.75) is 50.7 Å². The molecular weight excluding hydrogens is 408 g/mol. The number of sulfonamides is 1. The summed E-state index contributed by atoms with van der Waals surface area (Å²) in [5, 5.41) is 2.87. The molecule has 8 nitrogen and oxygen atoms in total. The van der Waals surface area contributed by atoms with Crippen LogP contribution >= 0.6 is 0 Å². The van der Waals surface area contributed by atoms with Gasteiger partial charge in [-0.05, 0) is 43.4 Å². The van der Waals surface area contributed by atoms with Gasteiger partial charge in [-0.2, -0.15) is 4.31 Å². The number of amides is 1. The summed E-state index contributed by atoms with van der Waals surface area (Å²) in [4.78, 5) is 13.1. The second kappa shape index (κ2) is 10.2. The van der Waals surface area contributed by atoms with E-state index in [1.165, 1.54) is 10.4 Å². The van der Waals surface area contributed by atoms with Crippen LogP contribution in [0.25, 0.3) is 0 Å². The predicted molar refractivity (Wildman–Crippen MR) is 113 cm³/mol. The third-order valence-electron chi connectivity index (χ3n) is 5.42. The fourth-order valence-electron chi connectivity index (χ4n) is 3.59. The Morgan fingerprint density at radius 3 is 2.63 bits per heavy atom. The van der Waals surface area contributed by atoms with Crippen molar-refractivity contribution in [2.75, 3.05) is 44.8 Å². The maximum Gasteiger partial charge on any atom is 0.253 e. The van der Waals surface area contributed by atoms with Gasteiger partial charge in [-0.1, -0.05) is 19.9 Å². The van der Waals surface area contributed by atoms with Crippen LogP contribution in [0.1, 0.15) is 32.3 Å². The molecule has 9 heteroatoms. The first-order chi connectivity index (χ1) is 14.3. The number of anilines is 1. The molecule has 0 aliphatic carbocycles. The average molecular weight is 441 g/mol. The van der Waals surface area contributed by atoms with E-state index in [1.807, 2.05) is 20.8 Å². The van der Waals surface area contributed by atoms with Gasteiger partial charge in [0.25, 0.3) is 5.91 Å². The highest BCUT2D eigenvalue weighted by atomic mass is 32.2. The van der Waals surface area contributed by atoms with Gasteiger partial charge in [0, 0.05) is 25.4 Å². The number of carbonyl (C=O) groups excluding carboxylic acids is 1. The number of nitrogens with zero attached hydrogens (tertiary/aromatic N) is 1. The monoisotopic (exact) mass is 440 g/mol. The third kappa shape index (κ3) is 5.59. The predicted octanol–water partition coefficient (Wildman–Crippen LogP) is 2.17. The SMILES string of the molecule is Cc1ccc(S(=O)(=O)N2CCOCC2)cc1NC(=O)[C@@H](OC[C@@H]1CCCO1)C(C)C. The van der Waals surface area contributed by atoms with Crippen LogP contribution in [0, 0.1) is 12.8 Å². The lowest BCUT2D eigenvalue weighted by Gasteiger charge is -2.26. The molecule has 168 valence electrons. The van der Waals surface area contributed by atoms with E-state index in [9.17, 15) is 13.2 Å². The summed E-state index contributed by atoms with van der Waals surface area (Å²) >= 11 is 0. The number of carbonyl (C=O) groups is 1. The summed E-state index contributed by atoms with van der Waals surface area (Å²) in [6.07, 6.45) is 1.33. The fourth-order valence-corrected chi connectivity index (χ4v) is 5.03. The molecule has 2 atom stereocenters. The van der Waals surface area contributed by atoms with Crippen LogP contribution in [0.5, 0.6) is 0 Å². The fraction of sp³-hybridized carbons (Fsp3) is 0.667. The van der Waals surface area contributed by atoms with Crippen molar-refractivity contribution in [1.82, 2.24) is 4.31 Å². The Balaban J connectivity index is 1.72. The molecule has 1 N–H and O–H groups in total. The topological polar surface area (TPSA) is 94.2 Å². The van der Waals surface area contributed by atoms with Gasteiger partial charge < -0.3 is 19.5 Å². The minimum Gasteiger partial charge on any atom is -0.379 e. The molecule has 2 fully saturated rings. The third-order valence-corrected chi connectivity index (χ3v) is 7.32. The largest absolute Gasteiger partial charge is 0.379 e. The molecule has 0 saturated carbocycles. The molecule has 1 amide bonds. The Morgan fingerprint density at radius 2 is 2.00 bits per heavy atom. The zero-order chi connectivity index (χ0) is 21.7. The summed E-state index contributed by atoms with van der Waals surface area (Å²) in [5.41, 5.74) is 1.26. The Labute approximate surface area is 178 Å². The van der Waals surface area contributed by atoms with Gasteiger partial charge in [-0.25, -0.2) is 8.42 Å². The normalized spacial score (nSPS) is 21.7. The van der Waals surface area contributed by atoms with Gasteiger partial charge in [0.1, 0.15) is 6.10 Å². The van der Waals surface area contributed by atoms with Gasteiger partial charge in [-0.3, -0.25) is 4.79 Å². The minimum absolute atomic E-state index is 0.0304. The number of ether oxygens (including phenoxy) is 3. The van der Waals surface area contributed by atoms with Crippen LogP contribution in [0.3, 0.4) is 0 Å². The molecule has 0 radical (unpaired) electrons. The summed E-state index contributed by atoms with van der Waals surface area (Å²) in [7, 11) is -3.64. The van der Waals surface area contributed by atoms with Crippen LogP contribution in [0.4, 0.5) is 5.69 Å². The van der Waals surface area contributed by atoms with E-state index in [0.29, 0.717) is 38.6 Å². The van der Waals surface area contributed by atoms with Crippen LogP contribution in [0.2, 0.25) is 0 Å². The molecule has 0 spiro atoms. The van der Waals surface area contributed by atoms with E-state index in [4.69, 9.17) is 14.2 Å². The molecule has 2 saturated heterocycles. The Bertz CT molecular complexity index is 830. The van der Waals surface area contributed by atoms with Crippen molar-refractivity contribution in [3.8, 4) is 0 Å². The first-order valence-electron chi connectivity index (χ1n) is 10.5. The highest BCUT2D eigenvalue weighted by molar-refractivity contribution is 7.89. The Kier molecular flexibility index (Phi) is 7.86. The summed E-state index contributed by atoms with van der Waals surface area (Å²) in [5.74, 6) is -0.320. The van der Waals surface area contributed by atoms with E-state index in [1.54, 1.807) is 12.1 Å². The summed E-state index contributed by atoms with van der Waals surface area (Å²) in [6, 6.07) is 4.81. The number of hydrogen-bond donors (Lipinski definition) is 1. The van der Waals surface area contributed by atoms with Gasteiger partial charge in [0.15, 0.2) is 0 Å². The summed E-state index contributed by atoms with van der Waals surface area (Å²) in [6.45, 7) is 8.20. The van der Waals surface area contributed by atoms with E-state index < -0.39 is 16.1 Å². The molecular formula is C21H32N2O6S. The van der Waals surface area contributed by atoms with Crippen molar-refractivity contribution >= 4 is 21.6 Å². The van der Waals surface area contributed by atoms with Crippen molar-refractivity contribution in [2.24, 2.45) is 5.92 Å². The lowest BCUT2D eigenvalue weighted by molar-refractivity contribution is -0.132. The lowest BCUT2D eigenvalue weighted by atomic mass is 10.1. The van der Waals surface area contributed by atoms with Crippen molar-refractivity contribution in [1.29, 1.82) is 0 Å². The molecule has 2 aliphatic rings. The number of benzene rings is 1. The average Bonchev–Trinajstić information content (AvgIpc) is 3.23. The van der Waals surface area contributed by atoms with Crippen LogP contribution in [-0.2, 0) is 29.0 Å². The highest BCUT2D eigenvalue weighted by Crippen LogP contribution is 2.25. The van der Waals surface area contributed by atoms with E-state index in [-0.39, 0.29) is 22.8 Å². The maximum atomic E-state index is 12.9. The smallest absolute Gasteiger partial charge is 0.253 e. The molecule has 1 aromatic rings. The molecule has 0 bridgehead atoms. The van der Waals surface area contributed by atoms with Gasteiger partial charge in [0.05, 0.1) is 30.8 Å². The molecule has 2 heterocycles. The Hall–Kier alpha value is -1.52.